The number of nitrogens with zero attached hydrogens (tertiary/aromatic N) is 1. The summed E-state index contributed by atoms with van der Waals surface area (Å²) in [5, 5.41) is 2.33. The summed E-state index contributed by atoms with van der Waals surface area (Å²) in [5.41, 5.74) is 0.486. The standard InChI is InChI=1S/C11H6ClNO/c12-10-6-5-8-3-1-2-4-9(8)11(10)13-7-14/h1-6H. The molecule has 2 aromatic rings. The fraction of sp³-hybridized carbons (Fsp3) is 0. The third-order valence-corrected chi connectivity index (χ3v) is 2.31. The van der Waals surface area contributed by atoms with Crippen molar-refractivity contribution < 1.29 is 4.79 Å². The molecule has 0 atom stereocenters. The molecular formula is C11H6ClNO. The highest BCUT2D eigenvalue weighted by Gasteiger charge is 2.03. The monoisotopic (exact) mass is 203 g/mol. The van der Waals surface area contributed by atoms with Crippen molar-refractivity contribution >= 4 is 34.1 Å². The fourth-order valence-corrected chi connectivity index (χ4v) is 1.59. The molecule has 0 N–H and O–H groups in total. The second-order valence-electron chi connectivity index (χ2n) is 2.82. The van der Waals surface area contributed by atoms with Gasteiger partial charge in [-0.05, 0) is 11.5 Å². The molecule has 14 heavy (non-hydrogen) atoms. The number of fused-ring (bicyclic) bond motifs is 1. The number of halogens is 1. The second-order valence-corrected chi connectivity index (χ2v) is 3.23. The Morgan fingerprint density at radius 1 is 1.14 bits per heavy atom. The van der Waals surface area contributed by atoms with Crippen LogP contribution in [0.1, 0.15) is 0 Å². The first-order valence-electron chi connectivity index (χ1n) is 4.08. The number of isocyanates is 1. The Labute approximate surface area is 85.8 Å². The SMILES string of the molecule is O=C=Nc1c(Cl)ccc2ccccc12. The molecule has 0 spiro atoms. The summed E-state index contributed by atoms with van der Waals surface area (Å²) in [4.78, 5) is 13.8. The van der Waals surface area contributed by atoms with Crippen LogP contribution in [0.5, 0.6) is 0 Å². The van der Waals surface area contributed by atoms with Gasteiger partial charge in [0.25, 0.3) is 0 Å². The van der Waals surface area contributed by atoms with E-state index in [0.29, 0.717) is 10.7 Å². The highest BCUT2D eigenvalue weighted by molar-refractivity contribution is 6.34. The minimum Gasteiger partial charge on any atom is -0.211 e. The Morgan fingerprint density at radius 3 is 2.71 bits per heavy atom. The van der Waals surface area contributed by atoms with Crippen molar-refractivity contribution in [2.75, 3.05) is 0 Å². The normalized spacial score (nSPS) is 9.79. The molecule has 0 saturated heterocycles. The average Bonchev–Trinajstić information content (AvgIpc) is 2.23. The van der Waals surface area contributed by atoms with Crippen LogP contribution >= 0.6 is 11.6 Å². The number of hydrogen-bond donors (Lipinski definition) is 0. The van der Waals surface area contributed by atoms with Crippen molar-refractivity contribution in [2.24, 2.45) is 4.99 Å². The summed E-state index contributed by atoms with van der Waals surface area (Å²) in [6.07, 6.45) is 1.51. The predicted octanol–water partition coefficient (Wildman–Crippen LogP) is 3.46. The van der Waals surface area contributed by atoms with E-state index in [0.717, 1.165) is 10.8 Å². The lowest BCUT2D eigenvalue weighted by Gasteiger charge is -2.01. The highest BCUT2D eigenvalue weighted by atomic mass is 35.5. The van der Waals surface area contributed by atoms with E-state index in [9.17, 15) is 4.79 Å². The van der Waals surface area contributed by atoms with Crippen molar-refractivity contribution in [3.05, 3.63) is 41.4 Å². The first-order chi connectivity index (χ1) is 6.83. The van der Waals surface area contributed by atoms with E-state index in [1.807, 2.05) is 30.3 Å². The largest absolute Gasteiger partial charge is 0.240 e. The molecule has 2 aromatic carbocycles. The number of benzene rings is 2. The van der Waals surface area contributed by atoms with Crippen LogP contribution in [0, 0.1) is 0 Å². The van der Waals surface area contributed by atoms with Crippen molar-refractivity contribution in [3.63, 3.8) is 0 Å². The molecule has 0 saturated carbocycles. The molecule has 68 valence electrons. The van der Waals surface area contributed by atoms with Gasteiger partial charge in [0, 0.05) is 5.39 Å². The van der Waals surface area contributed by atoms with E-state index in [1.54, 1.807) is 6.07 Å². The van der Waals surface area contributed by atoms with Crippen LogP contribution in [-0.2, 0) is 4.79 Å². The van der Waals surface area contributed by atoms with Gasteiger partial charge in [0.15, 0.2) is 0 Å². The minimum absolute atomic E-state index is 0.465. The van der Waals surface area contributed by atoms with Crippen molar-refractivity contribution in [1.82, 2.24) is 0 Å². The van der Waals surface area contributed by atoms with E-state index in [-0.39, 0.29) is 0 Å². The zero-order chi connectivity index (χ0) is 9.97. The maximum Gasteiger partial charge on any atom is 0.240 e. The Balaban J connectivity index is 2.89. The zero-order valence-corrected chi connectivity index (χ0v) is 7.95. The van der Waals surface area contributed by atoms with E-state index >= 15 is 0 Å². The zero-order valence-electron chi connectivity index (χ0n) is 7.20. The van der Waals surface area contributed by atoms with Crippen molar-refractivity contribution in [2.45, 2.75) is 0 Å². The van der Waals surface area contributed by atoms with Gasteiger partial charge in [0.1, 0.15) is 5.69 Å². The molecule has 2 nitrogen and oxygen atoms in total. The maximum atomic E-state index is 10.2. The van der Waals surface area contributed by atoms with Crippen LogP contribution in [0.25, 0.3) is 10.8 Å². The van der Waals surface area contributed by atoms with E-state index in [2.05, 4.69) is 4.99 Å². The highest BCUT2D eigenvalue weighted by Crippen LogP contribution is 2.32. The maximum absolute atomic E-state index is 10.2. The summed E-state index contributed by atoms with van der Waals surface area (Å²) >= 11 is 5.91. The number of carbonyl (C=O) groups excluding carboxylic acids is 1. The average molecular weight is 204 g/mol. The van der Waals surface area contributed by atoms with E-state index < -0.39 is 0 Å². The predicted molar refractivity (Wildman–Crippen MR) is 56.7 cm³/mol. The van der Waals surface area contributed by atoms with Crippen LogP contribution in [-0.4, -0.2) is 6.08 Å². The van der Waals surface area contributed by atoms with E-state index in [1.165, 1.54) is 6.08 Å². The van der Waals surface area contributed by atoms with Crippen LogP contribution in [0.3, 0.4) is 0 Å². The lowest BCUT2D eigenvalue weighted by atomic mass is 10.1. The second kappa shape index (κ2) is 3.62. The molecule has 0 unspecified atom stereocenters. The number of aliphatic imine (C=N–C) groups is 1. The summed E-state index contributed by atoms with van der Waals surface area (Å²) in [5.74, 6) is 0. The summed E-state index contributed by atoms with van der Waals surface area (Å²) in [7, 11) is 0. The first kappa shape index (κ1) is 8.95. The van der Waals surface area contributed by atoms with Crippen LogP contribution in [0.2, 0.25) is 5.02 Å². The lowest BCUT2D eigenvalue weighted by molar-refractivity contribution is 0.565. The summed E-state index contributed by atoms with van der Waals surface area (Å²) in [6.45, 7) is 0. The minimum atomic E-state index is 0.465. The van der Waals surface area contributed by atoms with Gasteiger partial charge in [-0.15, -0.1) is 0 Å². The molecule has 0 aliphatic heterocycles. The molecule has 0 aromatic heterocycles. The van der Waals surface area contributed by atoms with Crippen LogP contribution < -0.4 is 0 Å². The molecule has 0 amide bonds. The smallest absolute Gasteiger partial charge is 0.211 e. The van der Waals surface area contributed by atoms with Crippen molar-refractivity contribution in [3.8, 4) is 0 Å². The molecule has 0 aliphatic rings. The molecule has 0 radical (unpaired) electrons. The Hall–Kier alpha value is -1.63. The molecule has 0 bridgehead atoms. The third kappa shape index (κ3) is 1.41. The molecule has 2 rings (SSSR count). The molecule has 0 heterocycles. The first-order valence-corrected chi connectivity index (χ1v) is 4.46. The van der Waals surface area contributed by atoms with Gasteiger partial charge >= 0.3 is 0 Å². The Kier molecular flexibility index (Phi) is 2.32. The van der Waals surface area contributed by atoms with Crippen molar-refractivity contribution in [1.29, 1.82) is 0 Å². The van der Waals surface area contributed by atoms with Crippen LogP contribution in [0.4, 0.5) is 5.69 Å². The Bertz CT molecular complexity index is 530. The van der Waals surface area contributed by atoms with Gasteiger partial charge in [-0.1, -0.05) is 41.9 Å². The number of hydrogen-bond acceptors (Lipinski definition) is 2. The molecule has 3 heteroatoms. The van der Waals surface area contributed by atoms with Gasteiger partial charge < -0.3 is 0 Å². The van der Waals surface area contributed by atoms with Gasteiger partial charge in [0.2, 0.25) is 6.08 Å². The molecular weight excluding hydrogens is 198 g/mol. The number of rotatable bonds is 1. The van der Waals surface area contributed by atoms with Gasteiger partial charge in [-0.2, -0.15) is 4.99 Å². The fourth-order valence-electron chi connectivity index (χ4n) is 1.39. The van der Waals surface area contributed by atoms with Gasteiger partial charge in [-0.3, -0.25) is 0 Å². The van der Waals surface area contributed by atoms with Gasteiger partial charge in [0.05, 0.1) is 5.02 Å². The van der Waals surface area contributed by atoms with Gasteiger partial charge in [-0.25, -0.2) is 4.79 Å². The topological polar surface area (TPSA) is 29.4 Å². The summed E-state index contributed by atoms with van der Waals surface area (Å²) in [6, 6.07) is 11.2. The molecule has 0 aliphatic carbocycles. The quantitative estimate of drug-likeness (QED) is 0.516. The van der Waals surface area contributed by atoms with Crippen LogP contribution in [0.15, 0.2) is 41.4 Å². The Morgan fingerprint density at radius 2 is 1.93 bits per heavy atom. The summed E-state index contributed by atoms with van der Waals surface area (Å²) < 4.78 is 0. The molecule has 0 fully saturated rings. The third-order valence-electron chi connectivity index (χ3n) is 2.01. The lowest BCUT2D eigenvalue weighted by Crippen LogP contribution is -1.74. The van der Waals surface area contributed by atoms with E-state index in [4.69, 9.17) is 11.6 Å².